The first-order chi connectivity index (χ1) is 13.0. The molecule has 0 saturated carbocycles. The minimum atomic E-state index is 0.449. The minimum Gasteiger partial charge on any atom is -0.306 e. The van der Waals surface area contributed by atoms with E-state index in [0.717, 1.165) is 6.54 Å². The minimum absolute atomic E-state index is 0.449. The van der Waals surface area contributed by atoms with Crippen molar-refractivity contribution in [2.24, 2.45) is 16.2 Å². The molecule has 0 bridgehead atoms. The number of likely N-dealkylation sites (tertiary alicyclic amines) is 1. The number of rotatable bonds is 6. The summed E-state index contributed by atoms with van der Waals surface area (Å²) in [5.41, 5.74) is 1.39. The predicted octanol–water partition coefficient (Wildman–Crippen LogP) is 6.49. The Labute approximate surface area is 186 Å². The smallest absolute Gasteiger partial charge is 0.00300 e. The molecule has 178 valence electrons. The quantitative estimate of drug-likeness (QED) is 0.493. The van der Waals surface area contributed by atoms with Crippen LogP contribution in [-0.4, -0.2) is 74.1 Å². The molecule has 1 rings (SSSR count). The van der Waals surface area contributed by atoms with E-state index in [-0.39, 0.29) is 0 Å². The normalized spacial score (nSPS) is 15.8. The zero-order valence-electron chi connectivity index (χ0n) is 22.9. The summed E-state index contributed by atoms with van der Waals surface area (Å²) in [5, 5.41) is 0. The van der Waals surface area contributed by atoms with Crippen LogP contribution in [0.2, 0.25) is 0 Å². The first-order valence-electron chi connectivity index (χ1n) is 12.2. The molecule has 0 aromatic heterocycles. The maximum Gasteiger partial charge on any atom is 0.00300 e. The molecular weight excluding hydrogens is 354 g/mol. The number of hydrogen-bond acceptors (Lipinski definition) is 3. The van der Waals surface area contributed by atoms with Crippen molar-refractivity contribution in [1.82, 2.24) is 14.7 Å². The third-order valence-electron chi connectivity index (χ3n) is 4.77. The molecule has 0 atom stereocenters. The molecule has 0 spiro atoms. The van der Waals surface area contributed by atoms with Crippen LogP contribution in [0.15, 0.2) is 0 Å². The van der Waals surface area contributed by atoms with Gasteiger partial charge in [0.2, 0.25) is 0 Å². The van der Waals surface area contributed by atoms with Gasteiger partial charge in [0.1, 0.15) is 0 Å². The molecule has 1 fully saturated rings. The maximum absolute atomic E-state index is 2.57. The van der Waals surface area contributed by atoms with Crippen molar-refractivity contribution in [3.05, 3.63) is 0 Å². The van der Waals surface area contributed by atoms with E-state index in [1.165, 1.54) is 58.7 Å². The molecule has 3 heteroatoms. The second kappa shape index (κ2) is 14.8. The number of hydrogen-bond donors (Lipinski definition) is 0. The van der Waals surface area contributed by atoms with Crippen LogP contribution >= 0.6 is 0 Å². The molecule has 0 aliphatic carbocycles. The predicted molar refractivity (Wildman–Crippen MR) is 135 cm³/mol. The average Bonchev–Trinajstić information content (AvgIpc) is 3.02. The van der Waals surface area contributed by atoms with Crippen molar-refractivity contribution in [3.8, 4) is 0 Å². The third-order valence-corrected chi connectivity index (χ3v) is 4.77. The Bertz CT molecular complexity index is 347. The maximum atomic E-state index is 2.57. The van der Waals surface area contributed by atoms with Crippen molar-refractivity contribution in [2.45, 2.75) is 95.9 Å². The third kappa shape index (κ3) is 24.0. The molecule has 1 saturated heterocycles. The van der Waals surface area contributed by atoms with Gasteiger partial charge in [-0.2, -0.15) is 0 Å². The fraction of sp³-hybridized carbons (Fsp3) is 1.00. The Balaban J connectivity index is 0. The van der Waals surface area contributed by atoms with Crippen molar-refractivity contribution in [3.63, 3.8) is 0 Å². The molecule has 0 radical (unpaired) electrons. The summed E-state index contributed by atoms with van der Waals surface area (Å²) in [5.74, 6) is 0. The second-order valence-corrected chi connectivity index (χ2v) is 12.5. The molecule has 0 aromatic rings. The van der Waals surface area contributed by atoms with Crippen LogP contribution < -0.4 is 0 Å². The van der Waals surface area contributed by atoms with Crippen LogP contribution in [0.3, 0.4) is 0 Å². The molecule has 1 aliphatic rings. The highest BCUT2D eigenvalue weighted by Gasteiger charge is 2.18. The zero-order chi connectivity index (χ0) is 23.3. The SMILES string of the molecule is CC(C)(C)CN1CCCC1.CCN(C)CC(C)(C)C.CCN(CC)CC(C)(C)C. The summed E-state index contributed by atoms with van der Waals surface area (Å²) >= 11 is 0. The molecule has 1 heterocycles. The summed E-state index contributed by atoms with van der Waals surface area (Å²) in [6, 6.07) is 0. The Morgan fingerprint density at radius 3 is 1.24 bits per heavy atom. The lowest BCUT2D eigenvalue weighted by molar-refractivity contribution is 0.208. The van der Waals surface area contributed by atoms with E-state index in [9.17, 15) is 0 Å². The van der Waals surface area contributed by atoms with Crippen molar-refractivity contribution in [1.29, 1.82) is 0 Å². The molecule has 0 aromatic carbocycles. The summed E-state index contributed by atoms with van der Waals surface area (Å²) in [6.45, 7) is 37.0. The topological polar surface area (TPSA) is 9.72 Å². The first kappa shape index (κ1) is 31.1. The molecular formula is C26H59N3. The molecule has 0 unspecified atom stereocenters. The molecule has 29 heavy (non-hydrogen) atoms. The van der Waals surface area contributed by atoms with Gasteiger partial charge in [0.05, 0.1) is 0 Å². The standard InChI is InChI=1S/C9H19N.C9H21N.C8H19N/c1-9(2,3)8-10-6-4-5-7-10;1-6-10(7-2)8-9(3,4)5;1-6-9(5)7-8(2,3)4/h4-8H2,1-3H3;6-8H2,1-5H3;6-7H2,1-5H3. The van der Waals surface area contributed by atoms with Gasteiger partial charge in [-0.05, 0) is 68.9 Å². The van der Waals surface area contributed by atoms with E-state index in [1.807, 2.05) is 0 Å². The monoisotopic (exact) mass is 413 g/mol. The van der Waals surface area contributed by atoms with Gasteiger partial charge < -0.3 is 14.7 Å². The molecule has 0 amide bonds. The van der Waals surface area contributed by atoms with Gasteiger partial charge in [-0.15, -0.1) is 0 Å². The lowest BCUT2D eigenvalue weighted by Crippen LogP contribution is -2.32. The molecule has 1 aliphatic heterocycles. The van der Waals surface area contributed by atoms with Gasteiger partial charge in [0, 0.05) is 19.6 Å². The van der Waals surface area contributed by atoms with Crippen LogP contribution in [0.25, 0.3) is 0 Å². The van der Waals surface area contributed by atoms with Gasteiger partial charge >= 0.3 is 0 Å². The van der Waals surface area contributed by atoms with Crippen LogP contribution in [0.1, 0.15) is 95.9 Å². The van der Waals surface area contributed by atoms with Crippen LogP contribution in [0.5, 0.6) is 0 Å². The Morgan fingerprint density at radius 1 is 0.621 bits per heavy atom. The average molecular weight is 414 g/mol. The highest BCUT2D eigenvalue weighted by Crippen LogP contribution is 2.18. The van der Waals surface area contributed by atoms with Crippen LogP contribution in [0.4, 0.5) is 0 Å². The van der Waals surface area contributed by atoms with E-state index in [0.29, 0.717) is 16.2 Å². The van der Waals surface area contributed by atoms with Gasteiger partial charge in [-0.25, -0.2) is 0 Å². The summed E-state index contributed by atoms with van der Waals surface area (Å²) < 4.78 is 0. The summed E-state index contributed by atoms with van der Waals surface area (Å²) in [4.78, 5) is 7.36. The fourth-order valence-corrected chi connectivity index (χ4v) is 3.65. The largest absolute Gasteiger partial charge is 0.306 e. The van der Waals surface area contributed by atoms with Gasteiger partial charge in [-0.3, -0.25) is 0 Å². The van der Waals surface area contributed by atoms with E-state index in [4.69, 9.17) is 0 Å². The summed E-state index contributed by atoms with van der Waals surface area (Å²) in [7, 11) is 2.16. The van der Waals surface area contributed by atoms with Crippen LogP contribution in [-0.2, 0) is 0 Å². The fourth-order valence-electron chi connectivity index (χ4n) is 3.65. The van der Waals surface area contributed by atoms with Gasteiger partial charge in [0.15, 0.2) is 0 Å². The molecule has 0 N–H and O–H groups in total. The van der Waals surface area contributed by atoms with E-state index < -0.39 is 0 Å². The Kier molecular flexibility index (Phi) is 15.9. The number of nitrogens with zero attached hydrogens (tertiary/aromatic N) is 3. The Morgan fingerprint density at radius 2 is 1.03 bits per heavy atom. The van der Waals surface area contributed by atoms with E-state index >= 15 is 0 Å². The van der Waals surface area contributed by atoms with Crippen molar-refractivity contribution in [2.75, 3.05) is 59.4 Å². The highest BCUT2D eigenvalue weighted by atomic mass is 15.1. The van der Waals surface area contributed by atoms with Gasteiger partial charge in [0.25, 0.3) is 0 Å². The summed E-state index contributed by atoms with van der Waals surface area (Å²) in [6.07, 6.45) is 2.83. The lowest BCUT2D eigenvalue weighted by atomic mass is 9.96. The van der Waals surface area contributed by atoms with E-state index in [2.05, 4.69) is 105 Å². The highest BCUT2D eigenvalue weighted by molar-refractivity contribution is 4.73. The van der Waals surface area contributed by atoms with E-state index in [1.54, 1.807) is 0 Å². The molecule has 3 nitrogen and oxygen atoms in total. The lowest BCUT2D eigenvalue weighted by Gasteiger charge is -2.27. The zero-order valence-corrected chi connectivity index (χ0v) is 22.9. The van der Waals surface area contributed by atoms with Crippen molar-refractivity contribution < 1.29 is 0 Å². The Hall–Kier alpha value is -0.120. The van der Waals surface area contributed by atoms with Gasteiger partial charge in [-0.1, -0.05) is 83.1 Å². The first-order valence-corrected chi connectivity index (χ1v) is 12.2. The van der Waals surface area contributed by atoms with Crippen molar-refractivity contribution >= 4 is 0 Å². The van der Waals surface area contributed by atoms with Crippen LogP contribution in [0, 0.1) is 16.2 Å². The second-order valence-electron chi connectivity index (χ2n) is 12.5.